The molecule has 0 heterocycles. The SMILES string of the molecule is Nc1cc(Nc2ccc(I)cc2Cl)cc(S(N)(=O)=O)c1. The highest BCUT2D eigenvalue weighted by atomic mass is 127. The van der Waals surface area contributed by atoms with Gasteiger partial charge in [0.15, 0.2) is 0 Å². The predicted molar refractivity (Wildman–Crippen MR) is 89.7 cm³/mol. The maximum atomic E-state index is 11.4. The van der Waals surface area contributed by atoms with E-state index in [0.717, 1.165) is 3.57 Å². The molecular formula is C12H11ClIN3O2S. The summed E-state index contributed by atoms with van der Waals surface area (Å²) < 4.78 is 23.7. The molecule has 0 bridgehead atoms. The highest BCUT2D eigenvalue weighted by Gasteiger charge is 2.11. The average Bonchev–Trinajstić information content (AvgIpc) is 2.31. The Morgan fingerprint density at radius 3 is 2.45 bits per heavy atom. The molecule has 0 saturated heterocycles. The van der Waals surface area contributed by atoms with Crippen LogP contribution >= 0.6 is 34.2 Å². The minimum atomic E-state index is -3.81. The van der Waals surface area contributed by atoms with Crippen molar-refractivity contribution in [2.45, 2.75) is 4.90 Å². The van der Waals surface area contributed by atoms with Crippen LogP contribution in [0.2, 0.25) is 5.02 Å². The van der Waals surface area contributed by atoms with Crippen LogP contribution in [0.3, 0.4) is 0 Å². The molecule has 0 aromatic heterocycles. The number of sulfonamides is 1. The molecule has 20 heavy (non-hydrogen) atoms. The Kier molecular flexibility index (Phi) is 4.43. The molecule has 2 aromatic rings. The van der Waals surface area contributed by atoms with E-state index in [1.807, 2.05) is 6.07 Å². The van der Waals surface area contributed by atoms with Gasteiger partial charge in [0.05, 0.1) is 15.6 Å². The molecule has 0 fully saturated rings. The van der Waals surface area contributed by atoms with E-state index < -0.39 is 10.0 Å². The zero-order chi connectivity index (χ0) is 14.9. The summed E-state index contributed by atoms with van der Waals surface area (Å²) in [5, 5.41) is 8.64. The minimum absolute atomic E-state index is 0.0540. The Bertz CT molecular complexity index is 765. The normalized spacial score (nSPS) is 11.3. The lowest BCUT2D eigenvalue weighted by Gasteiger charge is -2.11. The zero-order valence-electron chi connectivity index (χ0n) is 10.1. The van der Waals surface area contributed by atoms with Gasteiger partial charge in [-0.3, -0.25) is 0 Å². The largest absolute Gasteiger partial charge is 0.399 e. The van der Waals surface area contributed by atoms with Crippen LogP contribution in [-0.4, -0.2) is 8.42 Å². The fourth-order valence-electron chi connectivity index (χ4n) is 1.60. The Morgan fingerprint density at radius 1 is 1.15 bits per heavy atom. The second-order valence-corrected chi connectivity index (χ2v) is 7.30. The average molecular weight is 424 g/mol. The lowest BCUT2D eigenvalue weighted by molar-refractivity contribution is 0.598. The molecule has 8 heteroatoms. The van der Waals surface area contributed by atoms with Gasteiger partial charge >= 0.3 is 0 Å². The van der Waals surface area contributed by atoms with E-state index in [-0.39, 0.29) is 4.90 Å². The van der Waals surface area contributed by atoms with Gasteiger partial charge in [-0.2, -0.15) is 0 Å². The summed E-state index contributed by atoms with van der Waals surface area (Å²) in [6, 6.07) is 9.77. The Balaban J connectivity index is 2.41. The molecule has 5 N–H and O–H groups in total. The predicted octanol–water partition coefficient (Wildman–Crippen LogP) is 2.92. The minimum Gasteiger partial charge on any atom is -0.399 e. The van der Waals surface area contributed by atoms with Crippen LogP contribution in [0, 0.1) is 3.57 Å². The van der Waals surface area contributed by atoms with Crippen molar-refractivity contribution in [2.24, 2.45) is 5.14 Å². The van der Waals surface area contributed by atoms with Crippen LogP contribution in [0.4, 0.5) is 17.1 Å². The Morgan fingerprint density at radius 2 is 1.85 bits per heavy atom. The summed E-state index contributed by atoms with van der Waals surface area (Å²) in [7, 11) is -3.81. The van der Waals surface area contributed by atoms with E-state index in [1.165, 1.54) is 12.1 Å². The van der Waals surface area contributed by atoms with Gasteiger partial charge in [-0.05, 0) is 59.0 Å². The summed E-state index contributed by atoms with van der Waals surface area (Å²) in [4.78, 5) is -0.0540. The van der Waals surface area contributed by atoms with Crippen LogP contribution in [0.1, 0.15) is 0 Å². The first-order valence-corrected chi connectivity index (χ1v) is 8.41. The summed E-state index contributed by atoms with van der Waals surface area (Å²) in [6.07, 6.45) is 0. The van der Waals surface area contributed by atoms with Crippen molar-refractivity contribution in [3.63, 3.8) is 0 Å². The number of nitrogen functional groups attached to an aromatic ring is 1. The number of hydrogen-bond acceptors (Lipinski definition) is 4. The molecule has 0 amide bonds. The standard InChI is InChI=1S/C12H11ClIN3O2S/c13-11-3-7(14)1-2-12(11)17-9-4-8(15)5-10(6-9)20(16,18)19/h1-6,17H,15H2,(H2,16,18,19). The maximum Gasteiger partial charge on any atom is 0.238 e. The summed E-state index contributed by atoms with van der Waals surface area (Å²) in [5.74, 6) is 0. The van der Waals surface area contributed by atoms with E-state index >= 15 is 0 Å². The van der Waals surface area contributed by atoms with Gasteiger partial charge in [0, 0.05) is 14.9 Å². The third-order valence-electron chi connectivity index (χ3n) is 2.47. The number of nitrogens with one attached hydrogen (secondary N) is 1. The molecule has 0 atom stereocenters. The van der Waals surface area contributed by atoms with Crippen molar-refractivity contribution in [2.75, 3.05) is 11.1 Å². The lowest BCUT2D eigenvalue weighted by Crippen LogP contribution is -2.12. The fourth-order valence-corrected chi connectivity index (χ4v) is 3.10. The van der Waals surface area contributed by atoms with Crippen molar-refractivity contribution < 1.29 is 8.42 Å². The molecule has 2 rings (SSSR count). The monoisotopic (exact) mass is 423 g/mol. The molecule has 2 aromatic carbocycles. The van der Waals surface area contributed by atoms with Gasteiger partial charge in [0.2, 0.25) is 10.0 Å². The molecule has 0 unspecified atom stereocenters. The fraction of sp³-hybridized carbons (Fsp3) is 0. The molecule has 0 aliphatic heterocycles. The number of benzene rings is 2. The number of anilines is 3. The van der Waals surface area contributed by atoms with Gasteiger partial charge < -0.3 is 11.1 Å². The summed E-state index contributed by atoms with van der Waals surface area (Å²) in [5.41, 5.74) is 7.12. The highest BCUT2D eigenvalue weighted by Crippen LogP contribution is 2.29. The van der Waals surface area contributed by atoms with Crippen molar-refractivity contribution in [1.29, 1.82) is 0 Å². The number of rotatable bonds is 3. The van der Waals surface area contributed by atoms with Crippen LogP contribution in [0.25, 0.3) is 0 Å². The van der Waals surface area contributed by atoms with E-state index in [1.54, 1.807) is 18.2 Å². The van der Waals surface area contributed by atoms with Crippen LogP contribution in [-0.2, 0) is 10.0 Å². The van der Waals surface area contributed by atoms with E-state index in [9.17, 15) is 8.42 Å². The highest BCUT2D eigenvalue weighted by molar-refractivity contribution is 14.1. The Hall–Kier alpha value is -1.03. The molecule has 0 aliphatic rings. The van der Waals surface area contributed by atoms with Crippen LogP contribution in [0.15, 0.2) is 41.3 Å². The second-order valence-electron chi connectivity index (χ2n) is 4.08. The topological polar surface area (TPSA) is 98.2 Å². The quantitative estimate of drug-likeness (QED) is 0.522. The number of halogens is 2. The van der Waals surface area contributed by atoms with E-state index in [4.69, 9.17) is 22.5 Å². The van der Waals surface area contributed by atoms with Crippen molar-refractivity contribution in [3.8, 4) is 0 Å². The Labute approximate surface area is 135 Å². The smallest absolute Gasteiger partial charge is 0.238 e. The molecule has 0 radical (unpaired) electrons. The third-order valence-corrected chi connectivity index (χ3v) is 4.34. The molecule has 0 aliphatic carbocycles. The number of primary sulfonamides is 1. The first-order chi connectivity index (χ1) is 9.25. The van der Waals surface area contributed by atoms with E-state index in [2.05, 4.69) is 27.9 Å². The van der Waals surface area contributed by atoms with Crippen LogP contribution < -0.4 is 16.2 Å². The van der Waals surface area contributed by atoms with Gasteiger partial charge in [0.25, 0.3) is 0 Å². The first kappa shape index (κ1) is 15.4. The molecule has 106 valence electrons. The summed E-state index contributed by atoms with van der Waals surface area (Å²) in [6.45, 7) is 0. The van der Waals surface area contributed by atoms with Gasteiger partial charge in [-0.1, -0.05) is 11.6 Å². The molecular weight excluding hydrogens is 413 g/mol. The van der Waals surface area contributed by atoms with Gasteiger partial charge in [0.1, 0.15) is 0 Å². The maximum absolute atomic E-state index is 11.4. The van der Waals surface area contributed by atoms with Gasteiger partial charge in [-0.15, -0.1) is 0 Å². The molecule has 0 spiro atoms. The second kappa shape index (κ2) is 5.76. The number of hydrogen-bond donors (Lipinski definition) is 3. The zero-order valence-corrected chi connectivity index (χ0v) is 13.8. The molecule has 0 saturated carbocycles. The van der Waals surface area contributed by atoms with Gasteiger partial charge in [-0.25, -0.2) is 13.6 Å². The van der Waals surface area contributed by atoms with E-state index in [0.29, 0.717) is 22.1 Å². The summed E-state index contributed by atoms with van der Waals surface area (Å²) >= 11 is 8.25. The molecule has 5 nitrogen and oxygen atoms in total. The number of nitrogens with two attached hydrogens (primary N) is 2. The van der Waals surface area contributed by atoms with Crippen molar-refractivity contribution in [3.05, 3.63) is 45.0 Å². The van der Waals surface area contributed by atoms with Crippen molar-refractivity contribution >= 4 is 61.3 Å². The lowest BCUT2D eigenvalue weighted by atomic mass is 10.2. The first-order valence-electron chi connectivity index (χ1n) is 5.41. The third kappa shape index (κ3) is 3.75. The van der Waals surface area contributed by atoms with Crippen molar-refractivity contribution in [1.82, 2.24) is 0 Å². The van der Waals surface area contributed by atoms with Crippen LogP contribution in [0.5, 0.6) is 0 Å².